The fraction of sp³-hybridized carbons (Fsp3) is 0.231. The van der Waals surface area contributed by atoms with Crippen molar-refractivity contribution in [3.05, 3.63) is 99.4 Å². The number of aliphatic hydroxyl groups is 1. The number of Topliss-reactive ketones (excluding diaryl/α,β-unsaturated/α-hetero) is 1. The van der Waals surface area contributed by atoms with E-state index >= 15 is 0 Å². The van der Waals surface area contributed by atoms with Crippen molar-refractivity contribution in [2.75, 3.05) is 4.90 Å². The molecule has 4 nitrogen and oxygen atoms in total. The van der Waals surface area contributed by atoms with Gasteiger partial charge in [-0.3, -0.25) is 14.5 Å². The summed E-state index contributed by atoms with van der Waals surface area (Å²) in [5.74, 6) is -0.796. The molecule has 0 bridgehead atoms. The minimum atomic E-state index is -0.610. The number of rotatable bonds is 7. The predicted molar refractivity (Wildman–Crippen MR) is 125 cm³/mol. The molecule has 0 saturated carbocycles. The highest BCUT2D eigenvalue weighted by atomic mass is 32.1. The zero-order valence-electron chi connectivity index (χ0n) is 17.6. The van der Waals surface area contributed by atoms with Crippen molar-refractivity contribution in [2.45, 2.75) is 38.6 Å². The van der Waals surface area contributed by atoms with Gasteiger partial charge in [-0.05, 0) is 47.0 Å². The highest BCUT2D eigenvalue weighted by Gasteiger charge is 2.44. The Labute approximate surface area is 186 Å². The van der Waals surface area contributed by atoms with Crippen LogP contribution in [-0.2, 0) is 16.0 Å². The van der Waals surface area contributed by atoms with Gasteiger partial charge in [0.2, 0.25) is 0 Å². The number of anilines is 1. The predicted octanol–water partition coefficient (Wildman–Crippen LogP) is 5.97. The quantitative estimate of drug-likeness (QED) is 0.501. The molecule has 3 aromatic rings. The van der Waals surface area contributed by atoms with Crippen molar-refractivity contribution in [2.24, 2.45) is 0 Å². The van der Waals surface area contributed by atoms with Crippen molar-refractivity contribution in [3.63, 3.8) is 0 Å². The number of amides is 1. The lowest BCUT2D eigenvalue weighted by molar-refractivity contribution is -0.118. The Morgan fingerprint density at radius 3 is 2.35 bits per heavy atom. The number of hydrogen-bond acceptors (Lipinski definition) is 4. The maximum absolute atomic E-state index is 13.2. The van der Waals surface area contributed by atoms with E-state index in [0.717, 1.165) is 10.4 Å². The van der Waals surface area contributed by atoms with Crippen LogP contribution in [0.4, 0.5) is 5.69 Å². The topological polar surface area (TPSA) is 57.6 Å². The standard InChI is InChI=1S/C26H25NO3S/c1-17(2)19-11-13-20(14-12-19)27-24(22-9-6-16-31-22)23(25(29)26(27)30)21(28)15-10-18-7-4-3-5-8-18/h3-9,11-14,16-17,24,29H,10,15H2,1-2H3. The third-order valence-corrected chi connectivity index (χ3v) is 6.57. The average molecular weight is 432 g/mol. The minimum Gasteiger partial charge on any atom is -0.503 e. The second kappa shape index (κ2) is 8.90. The maximum atomic E-state index is 13.2. The summed E-state index contributed by atoms with van der Waals surface area (Å²) in [7, 11) is 0. The van der Waals surface area contributed by atoms with E-state index in [1.54, 1.807) is 4.90 Å². The van der Waals surface area contributed by atoms with E-state index in [2.05, 4.69) is 13.8 Å². The number of benzene rings is 2. The molecule has 0 radical (unpaired) electrons. The van der Waals surface area contributed by atoms with Crippen LogP contribution in [0.15, 0.2) is 83.4 Å². The molecule has 0 spiro atoms. The molecule has 0 aliphatic carbocycles. The van der Waals surface area contributed by atoms with E-state index < -0.39 is 17.7 Å². The number of ketones is 1. The second-order valence-electron chi connectivity index (χ2n) is 8.01. The van der Waals surface area contributed by atoms with Gasteiger partial charge in [-0.15, -0.1) is 11.3 Å². The number of hydrogen-bond donors (Lipinski definition) is 1. The van der Waals surface area contributed by atoms with Gasteiger partial charge in [0.25, 0.3) is 5.91 Å². The number of carbonyl (C=O) groups is 2. The SMILES string of the molecule is CC(C)c1ccc(N2C(=O)C(O)=C(C(=O)CCc3ccccc3)C2c2cccs2)cc1. The van der Waals surface area contributed by atoms with Crippen LogP contribution in [0.25, 0.3) is 0 Å². The van der Waals surface area contributed by atoms with Crippen molar-refractivity contribution < 1.29 is 14.7 Å². The molecule has 1 atom stereocenters. The number of carbonyl (C=O) groups excluding carboxylic acids is 2. The van der Waals surface area contributed by atoms with Crippen LogP contribution in [0.3, 0.4) is 0 Å². The Balaban J connectivity index is 1.67. The first kappa shape index (κ1) is 21.1. The molecule has 1 aromatic heterocycles. The first-order valence-electron chi connectivity index (χ1n) is 10.4. The number of thiophene rings is 1. The molecule has 1 aliphatic heterocycles. The Hall–Kier alpha value is -3.18. The molecule has 1 unspecified atom stereocenters. The zero-order chi connectivity index (χ0) is 22.0. The van der Waals surface area contributed by atoms with Crippen LogP contribution in [0.2, 0.25) is 0 Å². The van der Waals surface area contributed by atoms with Crippen LogP contribution in [0.1, 0.15) is 48.2 Å². The summed E-state index contributed by atoms with van der Waals surface area (Å²) in [6, 6.07) is 20.7. The largest absolute Gasteiger partial charge is 0.503 e. The van der Waals surface area contributed by atoms with Crippen molar-refractivity contribution in [1.29, 1.82) is 0 Å². The van der Waals surface area contributed by atoms with Crippen molar-refractivity contribution in [1.82, 2.24) is 0 Å². The molecule has 5 heteroatoms. The normalized spacial score (nSPS) is 16.4. The molecule has 31 heavy (non-hydrogen) atoms. The summed E-state index contributed by atoms with van der Waals surface area (Å²) < 4.78 is 0. The lowest BCUT2D eigenvalue weighted by Crippen LogP contribution is -2.30. The molecule has 1 amide bonds. The van der Waals surface area contributed by atoms with Crippen molar-refractivity contribution >= 4 is 28.7 Å². The van der Waals surface area contributed by atoms with Crippen molar-refractivity contribution in [3.8, 4) is 0 Å². The summed E-state index contributed by atoms with van der Waals surface area (Å²) in [4.78, 5) is 28.7. The monoisotopic (exact) mass is 431 g/mol. The van der Waals surface area contributed by atoms with E-state index in [4.69, 9.17) is 0 Å². The van der Waals surface area contributed by atoms with Gasteiger partial charge < -0.3 is 5.11 Å². The van der Waals surface area contributed by atoms with Gasteiger partial charge >= 0.3 is 0 Å². The average Bonchev–Trinajstić information content (AvgIpc) is 3.40. The third kappa shape index (κ3) is 4.19. The Morgan fingerprint density at radius 1 is 1.03 bits per heavy atom. The maximum Gasteiger partial charge on any atom is 0.294 e. The fourth-order valence-corrected chi connectivity index (χ4v) is 4.75. The molecule has 2 aromatic carbocycles. The van der Waals surface area contributed by atoms with Gasteiger partial charge in [0, 0.05) is 17.0 Å². The lowest BCUT2D eigenvalue weighted by atomic mass is 9.96. The Bertz CT molecular complexity index is 1100. The number of nitrogens with zero attached hydrogens (tertiary/aromatic N) is 1. The van der Waals surface area contributed by atoms with Gasteiger partial charge in [0.1, 0.15) is 6.04 Å². The van der Waals surface area contributed by atoms with Gasteiger partial charge in [-0.1, -0.05) is 62.4 Å². The van der Waals surface area contributed by atoms with Gasteiger partial charge in [0.15, 0.2) is 11.5 Å². The van der Waals surface area contributed by atoms with Crippen LogP contribution >= 0.6 is 11.3 Å². The molecule has 158 valence electrons. The molecule has 2 heterocycles. The summed E-state index contributed by atoms with van der Waals surface area (Å²) >= 11 is 1.47. The second-order valence-corrected chi connectivity index (χ2v) is 8.99. The summed E-state index contributed by atoms with van der Waals surface area (Å²) in [5.41, 5.74) is 3.08. The smallest absolute Gasteiger partial charge is 0.294 e. The van der Waals surface area contributed by atoms with Crippen LogP contribution in [0.5, 0.6) is 0 Å². The van der Waals surface area contributed by atoms with Gasteiger partial charge in [-0.2, -0.15) is 0 Å². The highest BCUT2D eigenvalue weighted by molar-refractivity contribution is 7.10. The molecule has 0 fully saturated rings. The van der Waals surface area contributed by atoms with Gasteiger partial charge in [0.05, 0.1) is 5.57 Å². The van der Waals surface area contributed by atoms with E-state index in [9.17, 15) is 14.7 Å². The fourth-order valence-electron chi connectivity index (χ4n) is 3.93. The summed E-state index contributed by atoms with van der Waals surface area (Å²) in [6.45, 7) is 4.22. The van der Waals surface area contributed by atoms with Crippen LogP contribution < -0.4 is 4.90 Å². The van der Waals surface area contributed by atoms with E-state index in [1.165, 1.54) is 16.9 Å². The molecule has 1 N–H and O–H groups in total. The molecule has 1 aliphatic rings. The third-order valence-electron chi connectivity index (χ3n) is 5.64. The first-order valence-corrected chi connectivity index (χ1v) is 11.3. The van der Waals surface area contributed by atoms with Gasteiger partial charge in [-0.25, -0.2) is 0 Å². The number of aryl methyl sites for hydroxylation is 1. The Morgan fingerprint density at radius 2 is 1.74 bits per heavy atom. The van der Waals surface area contributed by atoms with Crippen LogP contribution in [-0.4, -0.2) is 16.8 Å². The molecule has 0 saturated heterocycles. The molecular formula is C26H25NO3S. The summed E-state index contributed by atoms with van der Waals surface area (Å²) in [6.07, 6.45) is 0.795. The van der Waals surface area contributed by atoms with Crippen LogP contribution in [0, 0.1) is 0 Å². The lowest BCUT2D eigenvalue weighted by Gasteiger charge is -2.26. The molecular weight excluding hydrogens is 406 g/mol. The summed E-state index contributed by atoms with van der Waals surface area (Å²) in [5, 5.41) is 12.7. The van der Waals surface area contributed by atoms with E-state index in [1.807, 2.05) is 72.1 Å². The highest BCUT2D eigenvalue weighted by Crippen LogP contribution is 2.43. The minimum absolute atomic E-state index is 0.191. The van der Waals surface area contributed by atoms with E-state index in [0.29, 0.717) is 18.0 Å². The molecule has 4 rings (SSSR count). The Kier molecular flexibility index (Phi) is 6.05. The number of aliphatic hydroxyl groups excluding tert-OH is 1. The zero-order valence-corrected chi connectivity index (χ0v) is 18.4. The first-order chi connectivity index (χ1) is 15.0. The van der Waals surface area contributed by atoms with E-state index in [-0.39, 0.29) is 17.8 Å².